The van der Waals surface area contributed by atoms with Crippen LogP contribution in [0.4, 0.5) is 0 Å². The molecule has 0 radical (unpaired) electrons. The largest absolute Gasteiger partial charge is 0.392 e. The van der Waals surface area contributed by atoms with E-state index in [2.05, 4.69) is 72.9 Å². The van der Waals surface area contributed by atoms with Gasteiger partial charge in [0.2, 0.25) is 0 Å². The van der Waals surface area contributed by atoms with Gasteiger partial charge in [-0.2, -0.15) is 0 Å². The van der Waals surface area contributed by atoms with Crippen molar-refractivity contribution in [2.75, 3.05) is 0 Å². The first-order valence-electron chi connectivity index (χ1n) is 8.33. The molecule has 0 saturated heterocycles. The zero-order valence-corrected chi connectivity index (χ0v) is 13.9. The van der Waals surface area contributed by atoms with E-state index in [1.54, 1.807) is 0 Å². The minimum Gasteiger partial charge on any atom is -0.392 e. The summed E-state index contributed by atoms with van der Waals surface area (Å²) in [6.45, 7) is 2.23. The summed E-state index contributed by atoms with van der Waals surface area (Å²) in [6, 6.07) is 29.4. The summed E-state index contributed by atoms with van der Waals surface area (Å²) in [7, 11) is 0. The summed E-state index contributed by atoms with van der Waals surface area (Å²) in [4.78, 5) is 0. The van der Waals surface area contributed by atoms with Crippen LogP contribution in [0.2, 0.25) is 0 Å². The van der Waals surface area contributed by atoms with Crippen LogP contribution in [0.1, 0.15) is 41.3 Å². The van der Waals surface area contributed by atoms with Gasteiger partial charge in [-0.05, 0) is 29.2 Å². The molecule has 0 bridgehead atoms. The van der Waals surface area contributed by atoms with Crippen molar-refractivity contribution in [3.05, 3.63) is 107 Å². The van der Waals surface area contributed by atoms with E-state index < -0.39 is 0 Å². The highest BCUT2D eigenvalue weighted by Crippen LogP contribution is 2.26. The van der Waals surface area contributed by atoms with E-state index in [0.717, 1.165) is 5.56 Å². The maximum atomic E-state index is 9.36. The molecule has 0 amide bonds. The Hall–Kier alpha value is -2.42. The van der Waals surface area contributed by atoms with E-state index in [9.17, 15) is 5.11 Å². The zero-order valence-electron chi connectivity index (χ0n) is 13.9. The Morgan fingerprint density at radius 1 is 0.750 bits per heavy atom. The third kappa shape index (κ3) is 3.91. The molecular formula is C22H23NO. The molecule has 0 spiro atoms. The molecule has 0 aliphatic carbocycles. The molecule has 24 heavy (non-hydrogen) atoms. The Labute approximate surface area is 143 Å². The minimum atomic E-state index is 0.0708. The first-order valence-corrected chi connectivity index (χ1v) is 8.33. The average molecular weight is 317 g/mol. The lowest BCUT2D eigenvalue weighted by atomic mass is 9.96. The number of aliphatic hydroxyl groups excluding tert-OH is 1. The minimum absolute atomic E-state index is 0.0708. The first kappa shape index (κ1) is 16.4. The van der Waals surface area contributed by atoms with Crippen LogP contribution in [-0.2, 0) is 6.61 Å². The van der Waals surface area contributed by atoms with Crippen molar-refractivity contribution < 1.29 is 5.11 Å². The zero-order chi connectivity index (χ0) is 16.8. The second-order valence-electron chi connectivity index (χ2n) is 6.05. The summed E-state index contributed by atoms with van der Waals surface area (Å²) in [5.74, 6) is 0. The lowest BCUT2D eigenvalue weighted by molar-refractivity contribution is 0.281. The fourth-order valence-corrected chi connectivity index (χ4v) is 2.98. The molecule has 0 saturated carbocycles. The van der Waals surface area contributed by atoms with Gasteiger partial charge in [-0.1, -0.05) is 84.9 Å². The molecule has 0 aliphatic rings. The van der Waals surface area contributed by atoms with E-state index >= 15 is 0 Å². The Balaban J connectivity index is 1.89. The van der Waals surface area contributed by atoms with Gasteiger partial charge in [0, 0.05) is 6.04 Å². The summed E-state index contributed by atoms with van der Waals surface area (Å²) >= 11 is 0. The van der Waals surface area contributed by atoms with Crippen LogP contribution in [-0.4, -0.2) is 5.11 Å². The van der Waals surface area contributed by atoms with E-state index in [4.69, 9.17) is 0 Å². The lowest BCUT2D eigenvalue weighted by Crippen LogP contribution is -2.25. The highest BCUT2D eigenvalue weighted by molar-refractivity contribution is 5.33. The van der Waals surface area contributed by atoms with Gasteiger partial charge in [0.05, 0.1) is 12.6 Å². The second-order valence-corrected chi connectivity index (χ2v) is 6.05. The Morgan fingerprint density at radius 3 is 1.83 bits per heavy atom. The van der Waals surface area contributed by atoms with Crippen LogP contribution < -0.4 is 5.32 Å². The van der Waals surface area contributed by atoms with Gasteiger partial charge >= 0.3 is 0 Å². The molecule has 3 aromatic rings. The van der Waals surface area contributed by atoms with Crippen molar-refractivity contribution in [1.29, 1.82) is 0 Å². The summed E-state index contributed by atoms with van der Waals surface area (Å²) in [5.41, 5.74) is 4.61. The van der Waals surface area contributed by atoms with Crippen molar-refractivity contribution in [3.8, 4) is 0 Å². The Morgan fingerprint density at radius 2 is 1.29 bits per heavy atom. The van der Waals surface area contributed by atoms with Crippen molar-refractivity contribution in [3.63, 3.8) is 0 Å². The predicted octanol–water partition coefficient (Wildman–Crippen LogP) is 4.62. The van der Waals surface area contributed by atoms with E-state index in [1.807, 2.05) is 24.3 Å². The third-order valence-electron chi connectivity index (χ3n) is 4.32. The monoisotopic (exact) mass is 317 g/mol. The number of hydrogen-bond acceptors (Lipinski definition) is 2. The number of rotatable bonds is 6. The van der Waals surface area contributed by atoms with Gasteiger partial charge in [-0.25, -0.2) is 0 Å². The Kier molecular flexibility index (Phi) is 5.42. The topological polar surface area (TPSA) is 32.3 Å². The third-order valence-corrected chi connectivity index (χ3v) is 4.32. The number of benzene rings is 3. The molecule has 0 heterocycles. The number of aliphatic hydroxyl groups is 1. The molecule has 3 aromatic carbocycles. The smallest absolute Gasteiger partial charge is 0.0681 e. The summed E-state index contributed by atoms with van der Waals surface area (Å²) in [6.07, 6.45) is 0. The average Bonchev–Trinajstić information content (AvgIpc) is 2.67. The van der Waals surface area contributed by atoms with E-state index in [-0.39, 0.29) is 18.7 Å². The van der Waals surface area contributed by atoms with Crippen LogP contribution in [0.3, 0.4) is 0 Å². The second kappa shape index (κ2) is 7.91. The molecule has 122 valence electrons. The van der Waals surface area contributed by atoms with Crippen molar-refractivity contribution >= 4 is 0 Å². The molecule has 2 nitrogen and oxygen atoms in total. The highest BCUT2D eigenvalue weighted by atomic mass is 16.3. The standard InChI is InChI=1S/C22H23NO/c1-17(21-14-8-9-18(15-21)16-24)23-22(19-10-4-2-5-11-19)20-12-6-3-7-13-20/h2-15,17,22-24H,16H2,1H3. The molecule has 2 heteroatoms. The van der Waals surface area contributed by atoms with Crippen molar-refractivity contribution in [1.82, 2.24) is 5.32 Å². The van der Waals surface area contributed by atoms with E-state index in [0.29, 0.717) is 0 Å². The SMILES string of the molecule is CC(NC(c1ccccc1)c1ccccc1)c1cccc(CO)c1. The van der Waals surface area contributed by atoms with Gasteiger partial charge < -0.3 is 5.11 Å². The maximum Gasteiger partial charge on any atom is 0.0681 e. The molecule has 1 atom stereocenters. The molecule has 0 aliphatic heterocycles. The first-order chi connectivity index (χ1) is 11.8. The predicted molar refractivity (Wildman–Crippen MR) is 98.6 cm³/mol. The van der Waals surface area contributed by atoms with Crippen LogP contribution >= 0.6 is 0 Å². The summed E-state index contributed by atoms with van der Waals surface area (Å²) < 4.78 is 0. The van der Waals surface area contributed by atoms with Crippen LogP contribution in [0.15, 0.2) is 84.9 Å². The number of nitrogens with one attached hydrogen (secondary N) is 1. The molecule has 0 aromatic heterocycles. The quantitative estimate of drug-likeness (QED) is 0.695. The molecule has 1 unspecified atom stereocenters. The van der Waals surface area contributed by atoms with Crippen molar-refractivity contribution in [2.45, 2.75) is 25.6 Å². The molecule has 3 rings (SSSR count). The van der Waals surface area contributed by atoms with Gasteiger partial charge in [-0.15, -0.1) is 0 Å². The maximum absolute atomic E-state index is 9.36. The van der Waals surface area contributed by atoms with Gasteiger partial charge in [0.1, 0.15) is 0 Å². The molecule has 2 N–H and O–H groups in total. The molecular weight excluding hydrogens is 294 g/mol. The lowest BCUT2D eigenvalue weighted by Gasteiger charge is -2.25. The van der Waals surface area contributed by atoms with Gasteiger partial charge in [0.15, 0.2) is 0 Å². The normalized spacial score (nSPS) is 12.3. The van der Waals surface area contributed by atoms with Crippen LogP contribution in [0.25, 0.3) is 0 Å². The van der Waals surface area contributed by atoms with Crippen molar-refractivity contribution in [2.24, 2.45) is 0 Å². The Bertz CT molecular complexity index is 716. The van der Waals surface area contributed by atoms with Gasteiger partial charge in [-0.3, -0.25) is 5.32 Å². The fraction of sp³-hybridized carbons (Fsp3) is 0.182. The molecule has 0 fully saturated rings. The fourth-order valence-electron chi connectivity index (χ4n) is 2.98. The summed E-state index contributed by atoms with van der Waals surface area (Å²) in [5, 5.41) is 13.1. The van der Waals surface area contributed by atoms with Crippen LogP contribution in [0, 0.1) is 0 Å². The van der Waals surface area contributed by atoms with Gasteiger partial charge in [0.25, 0.3) is 0 Å². The van der Waals surface area contributed by atoms with E-state index in [1.165, 1.54) is 16.7 Å². The highest BCUT2D eigenvalue weighted by Gasteiger charge is 2.17. The van der Waals surface area contributed by atoms with Crippen LogP contribution in [0.5, 0.6) is 0 Å². The number of hydrogen-bond donors (Lipinski definition) is 2.